The first-order valence-electron chi connectivity index (χ1n) is 6.80. The van der Waals surface area contributed by atoms with Gasteiger partial charge in [0.15, 0.2) is 0 Å². The van der Waals surface area contributed by atoms with Crippen molar-refractivity contribution in [2.45, 2.75) is 6.54 Å². The summed E-state index contributed by atoms with van der Waals surface area (Å²) >= 11 is 0. The van der Waals surface area contributed by atoms with Crippen molar-refractivity contribution in [3.8, 4) is 0 Å². The van der Waals surface area contributed by atoms with Crippen molar-refractivity contribution in [1.82, 2.24) is 15.2 Å². The lowest BCUT2D eigenvalue weighted by molar-refractivity contribution is 0.0951. The van der Waals surface area contributed by atoms with E-state index in [9.17, 15) is 4.79 Å². The van der Waals surface area contributed by atoms with Gasteiger partial charge in [0, 0.05) is 24.8 Å². The van der Waals surface area contributed by atoms with Gasteiger partial charge in [0.25, 0.3) is 5.91 Å². The van der Waals surface area contributed by atoms with Crippen molar-refractivity contribution in [2.75, 3.05) is 32.5 Å². The van der Waals surface area contributed by atoms with Crippen LogP contribution in [0.3, 0.4) is 0 Å². The predicted octanol–water partition coefficient (Wildman–Crippen LogP) is 1.58. The molecule has 0 unspecified atom stereocenters. The fourth-order valence-corrected chi connectivity index (χ4v) is 1.75. The average Bonchev–Trinajstić information content (AvgIpc) is 2.98. The molecule has 2 rings (SSSR count). The Bertz CT molecular complexity index is 567. The minimum Gasteiger partial charge on any atom is -0.467 e. The molecule has 0 spiro atoms. The number of hydrogen-bond acceptors (Lipinski definition) is 5. The van der Waals surface area contributed by atoms with Crippen LogP contribution in [-0.2, 0) is 6.54 Å². The molecule has 0 saturated carbocycles. The van der Waals surface area contributed by atoms with Crippen LogP contribution in [0.2, 0.25) is 0 Å². The summed E-state index contributed by atoms with van der Waals surface area (Å²) in [5.74, 6) is 1.37. The largest absolute Gasteiger partial charge is 0.467 e. The fraction of sp³-hybridized carbons (Fsp3) is 0.333. The van der Waals surface area contributed by atoms with Gasteiger partial charge >= 0.3 is 0 Å². The summed E-state index contributed by atoms with van der Waals surface area (Å²) in [4.78, 5) is 18.2. The van der Waals surface area contributed by atoms with Gasteiger partial charge in [-0.1, -0.05) is 0 Å². The molecule has 2 aromatic rings. The van der Waals surface area contributed by atoms with Crippen LogP contribution < -0.4 is 10.6 Å². The van der Waals surface area contributed by atoms with Crippen LogP contribution in [-0.4, -0.2) is 43.0 Å². The molecule has 1 amide bonds. The Kier molecular flexibility index (Phi) is 5.34. The number of aromatic nitrogens is 1. The number of hydrogen-bond donors (Lipinski definition) is 2. The van der Waals surface area contributed by atoms with Crippen LogP contribution in [0.5, 0.6) is 0 Å². The van der Waals surface area contributed by atoms with E-state index in [-0.39, 0.29) is 5.91 Å². The molecule has 0 radical (unpaired) electrons. The van der Waals surface area contributed by atoms with Gasteiger partial charge in [0.1, 0.15) is 11.6 Å². The molecule has 0 bridgehead atoms. The van der Waals surface area contributed by atoms with Crippen LogP contribution >= 0.6 is 0 Å². The molecule has 0 aliphatic carbocycles. The van der Waals surface area contributed by atoms with E-state index in [0.717, 1.165) is 12.3 Å². The molecule has 2 heterocycles. The number of carbonyl (C=O) groups excluding carboxylic acids is 1. The maximum atomic E-state index is 12.0. The molecule has 6 nitrogen and oxygen atoms in total. The van der Waals surface area contributed by atoms with E-state index in [4.69, 9.17) is 4.42 Å². The lowest BCUT2D eigenvalue weighted by Crippen LogP contribution is -2.31. The lowest BCUT2D eigenvalue weighted by Gasteiger charge is -2.11. The Morgan fingerprint density at radius 3 is 2.95 bits per heavy atom. The van der Waals surface area contributed by atoms with Crippen molar-refractivity contribution in [2.24, 2.45) is 0 Å². The number of pyridine rings is 1. The second-order valence-corrected chi connectivity index (χ2v) is 4.92. The number of carbonyl (C=O) groups is 1. The molecule has 2 aromatic heterocycles. The zero-order valence-corrected chi connectivity index (χ0v) is 12.3. The first-order valence-corrected chi connectivity index (χ1v) is 6.80. The van der Waals surface area contributed by atoms with Crippen LogP contribution in [0.1, 0.15) is 16.1 Å². The van der Waals surface area contributed by atoms with Gasteiger partial charge < -0.3 is 20.0 Å². The topological polar surface area (TPSA) is 70.4 Å². The Morgan fingerprint density at radius 1 is 1.38 bits per heavy atom. The van der Waals surface area contributed by atoms with Crippen molar-refractivity contribution in [3.05, 3.63) is 48.0 Å². The van der Waals surface area contributed by atoms with Crippen LogP contribution in [0.4, 0.5) is 5.82 Å². The van der Waals surface area contributed by atoms with E-state index in [0.29, 0.717) is 24.5 Å². The summed E-state index contributed by atoms with van der Waals surface area (Å²) < 4.78 is 5.23. The van der Waals surface area contributed by atoms with E-state index in [1.165, 1.54) is 0 Å². The first-order chi connectivity index (χ1) is 10.1. The van der Waals surface area contributed by atoms with Crippen LogP contribution in [0, 0.1) is 0 Å². The standard InChI is InChI=1S/C15H20N4O2/c1-19(2)8-7-17-15(20)12-5-6-16-14(10-12)18-11-13-4-3-9-21-13/h3-6,9-10H,7-8,11H2,1-2H3,(H,16,18)(H,17,20). The number of nitrogens with zero attached hydrogens (tertiary/aromatic N) is 2. The van der Waals surface area contributed by atoms with Crippen molar-refractivity contribution in [3.63, 3.8) is 0 Å². The molecule has 112 valence electrons. The highest BCUT2D eigenvalue weighted by Gasteiger charge is 2.06. The third-order valence-corrected chi connectivity index (χ3v) is 2.89. The zero-order valence-electron chi connectivity index (χ0n) is 12.3. The quantitative estimate of drug-likeness (QED) is 0.809. The Morgan fingerprint density at radius 2 is 2.24 bits per heavy atom. The predicted molar refractivity (Wildman–Crippen MR) is 81.2 cm³/mol. The summed E-state index contributed by atoms with van der Waals surface area (Å²) in [5, 5.41) is 6.00. The number of furan rings is 1. The Balaban J connectivity index is 1.89. The molecule has 0 aliphatic rings. The summed E-state index contributed by atoms with van der Waals surface area (Å²) in [6, 6.07) is 7.14. The molecule has 0 saturated heterocycles. The highest BCUT2D eigenvalue weighted by atomic mass is 16.3. The molecule has 0 aliphatic heterocycles. The van der Waals surface area contributed by atoms with Gasteiger partial charge in [0.2, 0.25) is 0 Å². The van der Waals surface area contributed by atoms with Crippen LogP contribution in [0.15, 0.2) is 41.1 Å². The van der Waals surface area contributed by atoms with Gasteiger partial charge in [0.05, 0.1) is 12.8 Å². The van der Waals surface area contributed by atoms with E-state index in [2.05, 4.69) is 15.6 Å². The normalized spacial score (nSPS) is 10.6. The third-order valence-electron chi connectivity index (χ3n) is 2.89. The number of amides is 1. The van der Waals surface area contributed by atoms with Gasteiger partial charge in [-0.15, -0.1) is 0 Å². The minimum absolute atomic E-state index is 0.0969. The second-order valence-electron chi connectivity index (χ2n) is 4.92. The number of rotatable bonds is 7. The van der Waals surface area contributed by atoms with Gasteiger partial charge in [-0.3, -0.25) is 4.79 Å². The van der Waals surface area contributed by atoms with Crippen LogP contribution in [0.25, 0.3) is 0 Å². The van der Waals surface area contributed by atoms with E-state index in [1.54, 1.807) is 24.6 Å². The van der Waals surface area contributed by atoms with Gasteiger partial charge in [-0.25, -0.2) is 4.98 Å². The molecule has 2 N–H and O–H groups in total. The van der Waals surface area contributed by atoms with Crippen molar-refractivity contribution in [1.29, 1.82) is 0 Å². The molecular weight excluding hydrogens is 268 g/mol. The van der Waals surface area contributed by atoms with E-state index >= 15 is 0 Å². The molecular formula is C15H20N4O2. The molecule has 0 atom stereocenters. The monoisotopic (exact) mass is 288 g/mol. The maximum absolute atomic E-state index is 12.0. The summed E-state index contributed by atoms with van der Waals surface area (Å²) in [6.45, 7) is 1.95. The first kappa shape index (κ1) is 15.1. The average molecular weight is 288 g/mol. The fourth-order valence-electron chi connectivity index (χ4n) is 1.75. The summed E-state index contributed by atoms with van der Waals surface area (Å²) in [5.41, 5.74) is 0.589. The summed E-state index contributed by atoms with van der Waals surface area (Å²) in [6.07, 6.45) is 3.24. The SMILES string of the molecule is CN(C)CCNC(=O)c1ccnc(NCc2ccco2)c1. The maximum Gasteiger partial charge on any atom is 0.251 e. The smallest absolute Gasteiger partial charge is 0.251 e. The molecule has 0 fully saturated rings. The van der Waals surface area contributed by atoms with E-state index < -0.39 is 0 Å². The Hall–Kier alpha value is -2.34. The molecule has 21 heavy (non-hydrogen) atoms. The number of nitrogens with one attached hydrogen (secondary N) is 2. The van der Waals surface area contributed by atoms with E-state index in [1.807, 2.05) is 31.1 Å². The highest BCUT2D eigenvalue weighted by molar-refractivity contribution is 5.94. The molecule has 0 aromatic carbocycles. The summed E-state index contributed by atoms with van der Waals surface area (Å²) in [7, 11) is 3.94. The second kappa shape index (κ2) is 7.44. The lowest BCUT2D eigenvalue weighted by atomic mass is 10.2. The molecule has 6 heteroatoms. The highest BCUT2D eigenvalue weighted by Crippen LogP contribution is 2.09. The zero-order chi connectivity index (χ0) is 15.1. The van der Waals surface area contributed by atoms with Crippen molar-refractivity contribution >= 4 is 11.7 Å². The van der Waals surface area contributed by atoms with Gasteiger partial charge in [-0.2, -0.15) is 0 Å². The third kappa shape index (κ3) is 4.92. The Labute approximate surface area is 124 Å². The minimum atomic E-state index is -0.0969. The number of likely N-dealkylation sites (N-methyl/N-ethyl adjacent to an activating group) is 1. The number of anilines is 1. The van der Waals surface area contributed by atoms with Gasteiger partial charge in [-0.05, 0) is 38.4 Å². The van der Waals surface area contributed by atoms with Crippen molar-refractivity contribution < 1.29 is 9.21 Å².